The first kappa shape index (κ1) is 15.9. The fourth-order valence-corrected chi connectivity index (χ4v) is 3.71. The molecule has 0 aliphatic heterocycles. The summed E-state index contributed by atoms with van der Waals surface area (Å²) in [4.78, 5) is 13.9. The molecule has 0 aromatic heterocycles. The Kier molecular flexibility index (Phi) is 4.60. The van der Waals surface area contributed by atoms with E-state index in [0.717, 1.165) is 23.6 Å². The molecule has 1 fully saturated rings. The third kappa shape index (κ3) is 3.99. The summed E-state index contributed by atoms with van der Waals surface area (Å²) in [6, 6.07) is 8.28. The van der Waals surface area contributed by atoms with Crippen LogP contribution in [0.5, 0.6) is 0 Å². The molecule has 0 radical (unpaired) electrons. The van der Waals surface area contributed by atoms with E-state index in [9.17, 15) is 4.79 Å². The molecule has 1 aromatic rings. The molecule has 21 heavy (non-hydrogen) atoms. The van der Waals surface area contributed by atoms with E-state index >= 15 is 0 Å². The highest BCUT2D eigenvalue weighted by molar-refractivity contribution is 5.99. The Morgan fingerprint density at radius 3 is 2.52 bits per heavy atom. The normalized spacial score (nSPS) is 24.4. The molecule has 3 nitrogen and oxygen atoms in total. The van der Waals surface area contributed by atoms with Crippen LogP contribution in [-0.2, 0) is 0 Å². The minimum atomic E-state index is 0.0567. The lowest BCUT2D eigenvalue weighted by Crippen LogP contribution is -2.36. The van der Waals surface area contributed by atoms with E-state index in [0.29, 0.717) is 11.5 Å². The Morgan fingerprint density at radius 1 is 1.24 bits per heavy atom. The summed E-state index contributed by atoms with van der Waals surface area (Å²) in [5.74, 6) is 0.782. The van der Waals surface area contributed by atoms with Crippen LogP contribution in [0, 0.1) is 11.3 Å². The van der Waals surface area contributed by atoms with Crippen molar-refractivity contribution in [2.24, 2.45) is 11.3 Å². The Balaban J connectivity index is 2.18. The second kappa shape index (κ2) is 6.08. The molecule has 3 heteroatoms. The largest absolute Gasteiger partial charge is 0.382 e. The monoisotopic (exact) mass is 288 g/mol. The Bertz CT molecular complexity index is 508. The summed E-state index contributed by atoms with van der Waals surface area (Å²) in [6.45, 7) is 7.01. The minimum Gasteiger partial charge on any atom is -0.382 e. The fraction of sp³-hybridized carbons (Fsp3) is 0.611. The summed E-state index contributed by atoms with van der Waals surface area (Å²) in [5, 5.41) is 3.62. The van der Waals surface area contributed by atoms with Gasteiger partial charge in [-0.3, -0.25) is 4.79 Å². The molecule has 0 heterocycles. The van der Waals surface area contributed by atoms with Crippen LogP contribution >= 0.6 is 0 Å². The lowest BCUT2D eigenvalue weighted by Gasteiger charge is -2.40. The summed E-state index contributed by atoms with van der Waals surface area (Å²) >= 11 is 0. The maximum atomic E-state index is 12.3. The molecule has 1 aliphatic rings. The number of benzene rings is 1. The third-order valence-electron chi connectivity index (χ3n) is 4.31. The highest BCUT2D eigenvalue weighted by atomic mass is 16.2. The zero-order chi connectivity index (χ0) is 15.6. The number of hydrogen-bond acceptors (Lipinski definition) is 2. The highest BCUT2D eigenvalue weighted by Gasteiger charge is 2.32. The van der Waals surface area contributed by atoms with Crippen molar-refractivity contribution in [1.82, 2.24) is 4.90 Å². The molecular weight excluding hydrogens is 260 g/mol. The van der Waals surface area contributed by atoms with Crippen LogP contribution in [0.25, 0.3) is 0 Å². The average Bonchev–Trinajstić information content (AvgIpc) is 2.36. The number of para-hydroxylation sites is 1. The first-order chi connectivity index (χ1) is 9.78. The quantitative estimate of drug-likeness (QED) is 0.911. The van der Waals surface area contributed by atoms with Crippen molar-refractivity contribution >= 4 is 11.6 Å². The van der Waals surface area contributed by atoms with Crippen LogP contribution in [-0.4, -0.2) is 30.9 Å². The van der Waals surface area contributed by atoms with Crippen LogP contribution in [0.1, 0.15) is 50.4 Å². The number of amides is 1. The van der Waals surface area contributed by atoms with Gasteiger partial charge in [-0.2, -0.15) is 0 Å². The van der Waals surface area contributed by atoms with Crippen LogP contribution in [0.15, 0.2) is 24.3 Å². The maximum absolute atomic E-state index is 12.3. The number of nitrogens with zero attached hydrogens (tertiary/aromatic N) is 1. The summed E-state index contributed by atoms with van der Waals surface area (Å²) in [7, 11) is 3.59. The Hall–Kier alpha value is -1.51. The molecule has 1 amide bonds. The van der Waals surface area contributed by atoms with Crippen molar-refractivity contribution in [1.29, 1.82) is 0 Å². The van der Waals surface area contributed by atoms with E-state index in [1.807, 2.05) is 24.3 Å². The van der Waals surface area contributed by atoms with Gasteiger partial charge in [0.2, 0.25) is 0 Å². The zero-order valence-electron chi connectivity index (χ0n) is 13.9. The maximum Gasteiger partial charge on any atom is 0.255 e. The van der Waals surface area contributed by atoms with Gasteiger partial charge >= 0.3 is 0 Å². The minimum absolute atomic E-state index is 0.0567. The van der Waals surface area contributed by atoms with Crippen molar-refractivity contribution < 1.29 is 4.79 Å². The summed E-state index contributed by atoms with van der Waals surface area (Å²) < 4.78 is 0. The molecule has 1 aliphatic carbocycles. The van der Waals surface area contributed by atoms with Gasteiger partial charge in [-0.25, -0.2) is 0 Å². The lowest BCUT2D eigenvalue weighted by atomic mass is 9.70. The van der Waals surface area contributed by atoms with E-state index in [1.54, 1.807) is 19.0 Å². The van der Waals surface area contributed by atoms with E-state index in [1.165, 1.54) is 12.8 Å². The van der Waals surface area contributed by atoms with E-state index in [-0.39, 0.29) is 5.91 Å². The van der Waals surface area contributed by atoms with Gasteiger partial charge in [-0.05, 0) is 42.7 Å². The van der Waals surface area contributed by atoms with Crippen LogP contribution in [0.3, 0.4) is 0 Å². The SMILES string of the molecule is CC1CC(Nc2ccccc2C(=O)N(C)C)CC(C)(C)C1. The lowest BCUT2D eigenvalue weighted by molar-refractivity contribution is 0.0828. The second-order valence-corrected chi connectivity index (χ2v) is 7.50. The van der Waals surface area contributed by atoms with Crippen LogP contribution in [0.4, 0.5) is 5.69 Å². The van der Waals surface area contributed by atoms with Gasteiger partial charge in [-0.1, -0.05) is 32.9 Å². The van der Waals surface area contributed by atoms with E-state index < -0.39 is 0 Å². The standard InChI is InChI=1S/C18H28N2O/c1-13-10-14(12-18(2,3)11-13)19-16-9-7-6-8-15(16)17(21)20(4)5/h6-9,13-14,19H,10-12H2,1-5H3. The molecule has 0 bridgehead atoms. The smallest absolute Gasteiger partial charge is 0.255 e. The number of carbonyl (C=O) groups is 1. The van der Waals surface area contributed by atoms with Crippen molar-refractivity contribution in [3.05, 3.63) is 29.8 Å². The average molecular weight is 288 g/mol. The first-order valence-electron chi connectivity index (χ1n) is 7.86. The van der Waals surface area contributed by atoms with Crippen molar-refractivity contribution in [3.63, 3.8) is 0 Å². The number of nitrogens with one attached hydrogen (secondary N) is 1. The molecule has 0 spiro atoms. The van der Waals surface area contributed by atoms with E-state index in [4.69, 9.17) is 0 Å². The van der Waals surface area contributed by atoms with Crippen molar-refractivity contribution in [2.45, 2.75) is 46.1 Å². The molecule has 1 aromatic carbocycles. The molecular formula is C18H28N2O. The summed E-state index contributed by atoms with van der Waals surface area (Å²) in [5.41, 5.74) is 2.10. The second-order valence-electron chi connectivity index (χ2n) is 7.50. The molecule has 2 rings (SSSR count). The molecule has 1 N–H and O–H groups in total. The number of hydrogen-bond donors (Lipinski definition) is 1. The highest BCUT2D eigenvalue weighted by Crippen LogP contribution is 2.39. The van der Waals surface area contributed by atoms with Gasteiger partial charge in [0, 0.05) is 25.8 Å². The van der Waals surface area contributed by atoms with Gasteiger partial charge in [0.05, 0.1) is 5.56 Å². The van der Waals surface area contributed by atoms with Crippen LogP contribution < -0.4 is 5.32 Å². The first-order valence-corrected chi connectivity index (χ1v) is 7.86. The molecule has 116 valence electrons. The fourth-order valence-electron chi connectivity index (χ4n) is 3.71. The predicted molar refractivity (Wildman–Crippen MR) is 88.7 cm³/mol. The topological polar surface area (TPSA) is 32.3 Å². The summed E-state index contributed by atoms with van der Waals surface area (Å²) in [6.07, 6.45) is 3.61. The number of carbonyl (C=O) groups excluding carboxylic acids is 1. The van der Waals surface area contributed by atoms with Gasteiger partial charge in [0.15, 0.2) is 0 Å². The molecule has 2 atom stereocenters. The van der Waals surface area contributed by atoms with Gasteiger partial charge in [0.1, 0.15) is 0 Å². The van der Waals surface area contributed by atoms with Gasteiger partial charge in [-0.15, -0.1) is 0 Å². The predicted octanol–water partition coefficient (Wildman–Crippen LogP) is 4.02. The molecule has 0 saturated heterocycles. The number of rotatable bonds is 3. The van der Waals surface area contributed by atoms with Crippen molar-refractivity contribution in [2.75, 3.05) is 19.4 Å². The van der Waals surface area contributed by atoms with E-state index in [2.05, 4.69) is 26.1 Å². The molecule has 2 unspecified atom stereocenters. The Labute approximate surface area is 128 Å². The molecule has 1 saturated carbocycles. The Morgan fingerprint density at radius 2 is 1.90 bits per heavy atom. The van der Waals surface area contributed by atoms with Crippen LogP contribution in [0.2, 0.25) is 0 Å². The van der Waals surface area contributed by atoms with Gasteiger partial charge < -0.3 is 10.2 Å². The van der Waals surface area contributed by atoms with Gasteiger partial charge in [0.25, 0.3) is 5.91 Å². The van der Waals surface area contributed by atoms with Crippen molar-refractivity contribution in [3.8, 4) is 0 Å². The third-order valence-corrected chi connectivity index (χ3v) is 4.31. The zero-order valence-corrected chi connectivity index (χ0v) is 13.9. The number of anilines is 1.